The Morgan fingerprint density at radius 3 is 2.84 bits per heavy atom. The number of halogens is 1. The van der Waals surface area contributed by atoms with E-state index < -0.39 is 0 Å². The van der Waals surface area contributed by atoms with Gasteiger partial charge < -0.3 is 9.30 Å². The molecule has 0 atom stereocenters. The van der Waals surface area contributed by atoms with E-state index >= 15 is 0 Å². The van der Waals surface area contributed by atoms with Crippen LogP contribution in [0.3, 0.4) is 0 Å². The van der Waals surface area contributed by atoms with Crippen molar-refractivity contribution in [2.45, 2.75) is 6.61 Å². The summed E-state index contributed by atoms with van der Waals surface area (Å²) in [5.41, 5.74) is 4.82. The molecule has 0 saturated carbocycles. The first kappa shape index (κ1) is 14.7. The molecule has 0 saturated heterocycles. The summed E-state index contributed by atoms with van der Waals surface area (Å²) in [6.45, 7) is 0.495. The van der Waals surface area contributed by atoms with E-state index in [0.717, 1.165) is 48.8 Å². The number of ether oxygens (including phenoxy) is 1. The minimum Gasteiger partial charge on any atom is -0.488 e. The maximum atomic E-state index is 11.9. The monoisotopic (exact) mass is 392 g/mol. The highest BCUT2D eigenvalue weighted by Gasteiger charge is 2.20. The summed E-state index contributed by atoms with van der Waals surface area (Å²) in [6, 6.07) is 15.5. The van der Waals surface area contributed by atoms with Crippen molar-refractivity contribution in [3.05, 3.63) is 68.9 Å². The number of aryl methyl sites for hydroxylation is 1. The van der Waals surface area contributed by atoms with Crippen LogP contribution in [0.2, 0.25) is 0 Å². The molecule has 122 valence electrons. The van der Waals surface area contributed by atoms with E-state index in [1.165, 1.54) is 0 Å². The van der Waals surface area contributed by atoms with Crippen molar-refractivity contribution in [3.63, 3.8) is 0 Å². The maximum absolute atomic E-state index is 11.9. The van der Waals surface area contributed by atoms with Gasteiger partial charge in [-0.3, -0.25) is 4.79 Å². The van der Waals surface area contributed by atoms with Gasteiger partial charge in [-0.2, -0.15) is 0 Å². The zero-order valence-corrected chi connectivity index (χ0v) is 15.0. The van der Waals surface area contributed by atoms with Gasteiger partial charge in [-0.1, -0.05) is 15.9 Å². The minimum absolute atomic E-state index is 0.0140. The molecule has 0 N–H and O–H groups in total. The molecule has 25 heavy (non-hydrogen) atoms. The molecule has 1 aliphatic rings. The summed E-state index contributed by atoms with van der Waals surface area (Å²) >= 11 is 3.52. The van der Waals surface area contributed by atoms with Crippen molar-refractivity contribution >= 4 is 37.7 Å². The lowest BCUT2D eigenvalue weighted by Gasteiger charge is -2.21. The van der Waals surface area contributed by atoms with Crippen LogP contribution < -0.4 is 10.3 Å². The molecule has 0 radical (unpaired) electrons. The molecular formula is C20H13BrN2O2. The Hall–Kier alpha value is -2.66. The van der Waals surface area contributed by atoms with Crippen LogP contribution in [-0.2, 0) is 13.7 Å². The summed E-state index contributed by atoms with van der Waals surface area (Å²) < 4.78 is 8.55. The largest absolute Gasteiger partial charge is 0.488 e. The van der Waals surface area contributed by atoms with E-state index in [1.54, 1.807) is 17.7 Å². The molecule has 0 bridgehead atoms. The van der Waals surface area contributed by atoms with Gasteiger partial charge in [-0.15, -0.1) is 0 Å². The second kappa shape index (κ2) is 5.17. The number of benzene rings is 2. The Kier molecular flexibility index (Phi) is 3.03. The number of rotatable bonds is 0. The smallest absolute Gasteiger partial charge is 0.250 e. The lowest BCUT2D eigenvalue weighted by molar-refractivity contribution is 0.301. The number of nitrogens with zero attached hydrogens (tertiary/aromatic N) is 2. The van der Waals surface area contributed by atoms with Crippen LogP contribution >= 0.6 is 15.9 Å². The van der Waals surface area contributed by atoms with Gasteiger partial charge in [0.2, 0.25) is 0 Å². The van der Waals surface area contributed by atoms with Crippen molar-refractivity contribution < 1.29 is 4.74 Å². The molecule has 1 aliphatic heterocycles. The lowest BCUT2D eigenvalue weighted by Crippen LogP contribution is -2.15. The number of fused-ring (bicyclic) bond motifs is 6. The van der Waals surface area contributed by atoms with Crippen molar-refractivity contribution in [2.24, 2.45) is 7.05 Å². The second-order valence-electron chi connectivity index (χ2n) is 6.22. The third-order valence-electron chi connectivity index (χ3n) is 4.76. The highest BCUT2D eigenvalue weighted by molar-refractivity contribution is 9.10. The quantitative estimate of drug-likeness (QED) is 0.416. The highest BCUT2D eigenvalue weighted by Crippen LogP contribution is 2.39. The molecule has 3 heterocycles. The van der Waals surface area contributed by atoms with Crippen LogP contribution in [0.1, 0.15) is 5.56 Å². The molecule has 2 aromatic heterocycles. The topological polar surface area (TPSA) is 44.1 Å². The van der Waals surface area contributed by atoms with Gasteiger partial charge in [0.15, 0.2) is 0 Å². The molecular weight excluding hydrogens is 380 g/mol. The zero-order valence-electron chi connectivity index (χ0n) is 13.4. The van der Waals surface area contributed by atoms with Crippen LogP contribution in [0.15, 0.2) is 57.8 Å². The molecule has 4 aromatic rings. The SMILES string of the molecule is Cn1c(=O)ccc2c3cc4c(nc3ccc21)-c1cc(Br)ccc1OC4. The van der Waals surface area contributed by atoms with E-state index in [0.29, 0.717) is 6.61 Å². The van der Waals surface area contributed by atoms with Gasteiger partial charge >= 0.3 is 0 Å². The molecule has 0 amide bonds. The van der Waals surface area contributed by atoms with Gasteiger partial charge in [0.05, 0.1) is 16.7 Å². The first-order valence-electron chi connectivity index (χ1n) is 7.97. The van der Waals surface area contributed by atoms with Crippen molar-refractivity contribution in [1.29, 1.82) is 0 Å². The Bertz CT molecular complexity index is 1240. The Morgan fingerprint density at radius 1 is 1.08 bits per heavy atom. The summed E-state index contributed by atoms with van der Waals surface area (Å²) in [4.78, 5) is 16.8. The average molecular weight is 393 g/mol. The molecule has 5 rings (SSSR count). The Balaban J connectivity index is 1.86. The normalized spacial score (nSPS) is 12.7. The van der Waals surface area contributed by atoms with E-state index in [1.807, 2.05) is 36.4 Å². The third kappa shape index (κ3) is 2.12. The molecule has 4 nitrogen and oxygen atoms in total. The van der Waals surface area contributed by atoms with Gasteiger partial charge in [0.1, 0.15) is 12.4 Å². The minimum atomic E-state index is -0.0140. The van der Waals surface area contributed by atoms with Crippen LogP contribution in [0.25, 0.3) is 33.1 Å². The van der Waals surface area contributed by atoms with Gasteiger partial charge in [0.25, 0.3) is 5.56 Å². The summed E-state index contributed by atoms with van der Waals surface area (Å²) in [5, 5.41) is 2.06. The van der Waals surface area contributed by atoms with E-state index in [-0.39, 0.29) is 5.56 Å². The van der Waals surface area contributed by atoms with E-state index in [2.05, 4.69) is 22.0 Å². The van der Waals surface area contributed by atoms with Crippen LogP contribution in [0.5, 0.6) is 5.75 Å². The molecule has 0 spiro atoms. The molecule has 0 aliphatic carbocycles. The maximum Gasteiger partial charge on any atom is 0.250 e. The fourth-order valence-corrected chi connectivity index (χ4v) is 3.82. The van der Waals surface area contributed by atoms with Crippen molar-refractivity contribution in [2.75, 3.05) is 0 Å². The van der Waals surface area contributed by atoms with Gasteiger partial charge in [-0.05, 0) is 42.5 Å². The number of hydrogen-bond acceptors (Lipinski definition) is 3. The predicted octanol–water partition coefficient (Wildman–Crippen LogP) is 4.41. The summed E-state index contributed by atoms with van der Waals surface area (Å²) in [7, 11) is 1.79. The standard InChI is InChI=1S/C20H13BrN2O2/c1-23-17-5-4-16-14(13(17)3-7-19(23)24)8-11-10-25-18-6-2-12(21)9-15(18)20(11)22-16/h2-9H,10H2,1H3. The van der Waals surface area contributed by atoms with Crippen LogP contribution in [0, 0.1) is 0 Å². The number of pyridine rings is 2. The molecule has 2 aromatic carbocycles. The molecule has 0 unspecified atom stereocenters. The fourth-order valence-electron chi connectivity index (χ4n) is 3.46. The van der Waals surface area contributed by atoms with Crippen LogP contribution in [-0.4, -0.2) is 9.55 Å². The number of hydrogen-bond donors (Lipinski definition) is 0. The summed E-state index contributed by atoms with van der Waals surface area (Å²) in [6.07, 6.45) is 0. The zero-order chi connectivity index (χ0) is 17.1. The first-order chi connectivity index (χ1) is 12.1. The molecule has 5 heteroatoms. The van der Waals surface area contributed by atoms with Crippen LogP contribution in [0.4, 0.5) is 0 Å². The molecule has 0 fully saturated rings. The van der Waals surface area contributed by atoms with Gasteiger partial charge in [-0.25, -0.2) is 4.98 Å². The lowest BCUT2D eigenvalue weighted by atomic mass is 9.99. The van der Waals surface area contributed by atoms with E-state index in [4.69, 9.17) is 9.72 Å². The van der Waals surface area contributed by atoms with Gasteiger partial charge in [0, 0.05) is 39.5 Å². The Morgan fingerprint density at radius 2 is 1.96 bits per heavy atom. The number of aromatic nitrogens is 2. The third-order valence-corrected chi connectivity index (χ3v) is 5.25. The first-order valence-corrected chi connectivity index (χ1v) is 8.76. The second-order valence-corrected chi connectivity index (χ2v) is 7.14. The van der Waals surface area contributed by atoms with Crippen molar-refractivity contribution in [1.82, 2.24) is 9.55 Å². The van der Waals surface area contributed by atoms with Crippen molar-refractivity contribution in [3.8, 4) is 17.0 Å². The van der Waals surface area contributed by atoms with E-state index in [9.17, 15) is 4.79 Å². The predicted molar refractivity (Wildman–Crippen MR) is 102 cm³/mol. The fraction of sp³-hybridized carbons (Fsp3) is 0.100. The summed E-state index contributed by atoms with van der Waals surface area (Å²) in [5.74, 6) is 0.853. The average Bonchev–Trinajstić information content (AvgIpc) is 2.63. The highest BCUT2D eigenvalue weighted by atomic mass is 79.9. The Labute approximate surface area is 151 Å².